The third-order valence-electron chi connectivity index (χ3n) is 2.65. The summed E-state index contributed by atoms with van der Waals surface area (Å²) >= 11 is 0. The molecule has 0 aliphatic carbocycles. The van der Waals surface area contributed by atoms with Crippen molar-refractivity contribution >= 4 is 11.6 Å². The summed E-state index contributed by atoms with van der Waals surface area (Å²) in [7, 11) is 0. The van der Waals surface area contributed by atoms with Gasteiger partial charge in [-0.2, -0.15) is 0 Å². The zero-order chi connectivity index (χ0) is 13.4. The van der Waals surface area contributed by atoms with E-state index in [9.17, 15) is 4.79 Å². The second-order valence-corrected chi connectivity index (χ2v) is 4.05. The van der Waals surface area contributed by atoms with E-state index in [0.29, 0.717) is 6.61 Å². The summed E-state index contributed by atoms with van der Waals surface area (Å²) in [6.45, 7) is 7.55. The zero-order valence-corrected chi connectivity index (χ0v) is 11.3. The molecule has 1 aromatic carbocycles. The third-order valence-corrected chi connectivity index (χ3v) is 2.65. The monoisotopic (exact) mass is 250 g/mol. The molecule has 1 rings (SSSR count). The topological polar surface area (TPSA) is 50.4 Å². The van der Waals surface area contributed by atoms with Gasteiger partial charge < -0.3 is 15.4 Å². The molecule has 0 bridgehead atoms. The van der Waals surface area contributed by atoms with E-state index in [-0.39, 0.29) is 18.6 Å². The molecule has 0 aliphatic heterocycles. The number of carbonyl (C=O) groups is 1. The lowest BCUT2D eigenvalue weighted by Crippen LogP contribution is -2.22. The lowest BCUT2D eigenvalue weighted by molar-refractivity contribution is -0.120. The number of amides is 1. The minimum Gasteiger partial charge on any atom is -0.372 e. The number of rotatable bonds is 7. The average molecular weight is 250 g/mol. The first-order chi connectivity index (χ1) is 8.69. The highest BCUT2D eigenvalue weighted by molar-refractivity contribution is 5.92. The Labute approximate surface area is 109 Å². The van der Waals surface area contributed by atoms with Crippen LogP contribution in [0.1, 0.15) is 32.4 Å². The van der Waals surface area contributed by atoms with Crippen molar-refractivity contribution in [1.29, 1.82) is 0 Å². The number of anilines is 1. The molecule has 1 amide bonds. The molecular weight excluding hydrogens is 228 g/mol. The molecule has 1 atom stereocenters. The maximum absolute atomic E-state index is 11.6. The molecule has 0 fully saturated rings. The molecule has 2 N–H and O–H groups in total. The molecule has 0 saturated heterocycles. The van der Waals surface area contributed by atoms with Crippen molar-refractivity contribution in [3.8, 4) is 0 Å². The van der Waals surface area contributed by atoms with Gasteiger partial charge in [-0.25, -0.2) is 0 Å². The normalized spacial score (nSPS) is 12.2. The molecule has 18 heavy (non-hydrogen) atoms. The van der Waals surface area contributed by atoms with Crippen LogP contribution in [-0.4, -0.2) is 25.7 Å². The minimum atomic E-state index is -0.118. The van der Waals surface area contributed by atoms with Gasteiger partial charge >= 0.3 is 0 Å². The molecule has 1 unspecified atom stereocenters. The second-order valence-electron chi connectivity index (χ2n) is 4.05. The Bertz CT molecular complexity index is 380. The van der Waals surface area contributed by atoms with Gasteiger partial charge in [-0.05, 0) is 32.0 Å². The fraction of sp³-hybridized carbons (Fsp3) is 0.500. The first-order valence-electron chi connectivity index (χ1n) is 6.38. The fourth-order valence-corrected chi connectivity index (χ4v) is 1.79. The zero-order valence-electron chi connectivity index (χ0n) is 11.3. The van der Waals surface area contributed by atoms with Crippen LogP contribution in [0.25, 0.3) is 0 Å². The standard InChI is InChI=1S/C14H22N2O2/c1-4-15-11(3)12-8-6-7-9-13(12)16-14(17)10-18-5-2/h6-9,11,15H,4-5,10H2,1-3H3,(H,16,17). The maximum atomic E-state index is 11.6. The summed E-state index contributed by atoms with van der Waals surface area (Å²) in [4.78, 5) is 11.6. The van der Waals surface area contributed by atoms with Crippen LogP contribution < -0.4 is 10.6 Å². The van der Waals surface area contributed by atoms with Gasteiger partial charge in [0, 0.05) is 18.3 Å². The van der Waals surface area contributed by atoms with Crippen molar-refractivity contribution in [2.45, 2.75) is 26.8 Å². The van der Waals surface area contributed by atoms with E-state index in [4.69, 9.17) is 4.74 Å². The van der Waals surface area contributed by atoms with Crippen molar-refractivity contribution in [3.63, 3.8) is 0 Å². The SMILES string of the molecule is CCNC(C)c1ccccc1NC(=O)COCC. The van der Waals surface area contributed by atoms with Crippen LogP contribution >= 0.6 is 0 Å². The van der Waals surface area contributed by atoms with Crippen LogP contribution in [0.5, 0.6) is 0 Å². The summed E-state index contributed by atoms with van der Waals surface area (Å²) in [6, 6.07) is 8.02. The average Bonchev–Trinajstić information content (AvgIpc) is 2.37. The Kier molecular flexibility index (Phi) is 6.39. The van der Waals surface area contributed by atoms with Gasteiger partial charge in [-0.1, -0.05) is 25.1 Å². The summed E-state index contributed by atoms with van der Waals surface area (Å²) in [5.74, 6) is -0.118. The predicted molar refractivity (Wildman–Crippen MR) is 73.7 cm³/mol. The van der Waals surface area contributed by atoms with Gasteiger partial charge in [0.25, 0.3) is 0 Å². The van der Waals surface area contributed by atoms with Gasteiger partial charge in [0.1, 0.15) is 6.61 Å². The summed E-state index contributed by atoms with van der Waals surface area (Å²) in [5, 5.41) is 6.22. The maximum Gasteiger partial charge on any atom is 0.250 e. The number of carbonyl (C=O) groups excluding carboxylic acids is 1. The van der Waals surface area contributed by atoms with E-state index < -0.39 is 0 Å². The molecular formula is C14H22N2O2. The quantitative estimate of drug-likeness (QED) is 0.781. The van der Waals surface area contributed by atoms with E-state index >= 15 is 0 Å². The van der Waals surface area contributed by atoms with Crippen LogP contribution in [0, 0.1) is 0 Å². The Hall–Kier alpha value is -1.39. The van der Waals surface area contributed by atoms with Crippen molar-refractivity contribution in [1.82, 2.24) is 5.32 Å². The third kappa shape index (κ3) is 4.47. The van der Waals surface area contributed by atoms with Crippen LogP contribution in [0.4, 0.5) is 5.69 Å². The number of ether oxygens (including phenoxy) is 1. The number of nitrogens with one attached hydrogen (secondary N) is 2. The highest BCUT2D eigenvalue weighted by Gasteiger charge is 2.11. The van der Waals surface area contributed by atoms with Gasteiger partial charge in [-0.15, -0.1) is 0 Å². The minimum absolute atomic E-state index is 0.0976. The van der Waals surface area contributed by atoms with E-state index in [0.717, 1.165) is 17.8 Å². The highest BCUT2D eigenvalue weighted by Crippen LogP contribution is 2.22. The van der Waals surface area contributed by atoms with Gasteiger partial charge in [0.2, 0.25) is 5.91 Å². The first-order valence-corrected chi connectivity index (χ1v) is 6.38. The van der Waals surface area contributed by atoms with Crippen LogP contribution in [-0.2, 0) is 9.53 Å². The van der Waals surface area contributed by atoms with Crippen LogP contribution in [0.3, 0.4) is 0 Å². The van der Waals surface area contributed by atoms with Gasteiger partial charge in [0.05, 0.1) is 0 Å². The molecule has 0 radical (unpaired) electrons. The molecule has 100 valence electrons. The van der Waals surface area contributed by atoms with Crippen molar-refractivity contribution in [2.24, 2.45) is 0 Å². The largest absolute Gasteiger partial charge is 0.372 e. The van der Waals surface area contributed by atoms with Crippen molar-refractivity contribution in [2.75, 3.05) is 25.1 Å². The lowest BCUT2D eigenvalue weighted by Gasteiger charge is -2.17. The fourth-order valence-electron chi connectivity index (χ4n) is 1.79. The number of benzene rings is 1. The molecule has 0 aromatic heterocycles. The van der Waals surface area contributed by atoms with E-state index in [1.807, 2.05) is 31.2 Å². The van der Waals surface area contributed by atoms with Crippen molar-refractivity contribution in [3.05, 3.63) is 29.8 Å². The van der Waals surface area contributed by atoms with Crippen LogP contribution in [0.15, 0.2) is 24.3 Å². The highest BCUT2D eigenvalue weighted by atomic mass is 16.5. The molecule has 4 heteroatoms. The number of hydrogen-bond acceptors (Lipinski definition) is 3. The van der Waals surface area contributed by atoms with Gasteiger partial charge in [-0.3, -0.25) is 4.79 Å². The van der Waals surface area contributed by atoms with E-state index in [1.54, 1.807) is 0 Å². The molecule has 0 heterocycles. The lowest BCUT2D eigenvalue weighted by atomic mass is 10.1. The second kappa shape index (κ2) is 7.84. The Morgan fingerprint density at radius 1 is 1.33 bits per heavy atom. The summed E-state index contributed by atoms with van der Waals surface area (Å²) in [6.07, 6.45) is 0. The smallest absolute Gasteiger partial charge is 0.250 e. The molecule has 0 saturated carbocycles. The van der Waals surface area contributed by atoms with E-state index in [2.05, 4.69) is 24.5 Å². The Morgan fingerprint density at radius 3 is 2.72 bits per heavy atom. The number of hydrogen-bond donors (Lipinski definition) is 2. The molecule has 0 spiro atoms. The Balaban J connectivity index is 2.72. The first kappa shape index (κ1) is 14.7. The van der Waals surface area contributed by atoms with E-state index in [1.165, 1.54) is 0 Å². The van der Waals surface area contributed by atoms with Crippen molar-refractivity contribution < 1.29 is 9.53 Å². The Morgan fingerprint density at radius 2 is 2.06 bits per heavy atom. The summed E-state index contributed by atoms with van der Waals surface area (Å²) in [5.41, 5.74) is 1.93. The summed E-state index contributed by atoms with van der Waals surface area (Å²) < 4.78 is 5.09. The predicted octanol–water partition coefficient (Wildman–Crippen LogP) is 2.33. The van der Waals surface area contributed by atoms with Crippen LogP contribution in [0.2, 0.25) is 0 Å². The number of para-hydroxylation sites is 1. The molecule has 4 nitrogen and oxygen atoms in total. The van der Waals surface area contributed by atoms with Gasteiger partial charge in [0.15, 0.2) is 0 Å². The molecule has 1 aromatic rings. The molecule has 0 aliphatic rings.